The van der Waals surface area contributed by atoms with Crippen molar-refractivity contribution in [3.63, 3.8) is 0 Å². The predicted molar refractivity (Wildman–Crippen MR) is 104 cm³/mol. The Labute approximate surface area is 154 Å². The number of aryl methyl sites for hydroxylation is 1. The second-order valence-corrected chi connectivity index (χ2v) is 8.87. The molecule has 0 radical (unpaired) electrons. The second kappa shape index (κ2) is 7.65. The first-order chi connectivity index (χ1) is 11.2. The minimum atomic E-state index is 0.557. The van der Waals surface area contributed by atoms with Crippen molar-refractivity contribution in [1.29, 1.82) is 0 Å². The Morgan fingerprint density at radius 1 is 1.52 bits per heavy atom. The molecule has 1 fully saturated rings. The molecule has 124 valence electrons. The molecule has 1 unspecified atom stereocenters. The third-order valence-electron chi connectivity index (χ3n) is 4.18. The lowest BCUT2D eigenvalue weighted by Gasteiger charge is -2.21. The van der Waals surface area contributed by atoms with Crippen molar-refractivity contribution in [2.45, 2.75) is 18.8 Å². The Hall–Kier alpha value is -1.09. The highest BCUT2D eigenvalue weighted by Crippen LogP contribution is 2.26. The van der Waals surface area contributed by atoms with Crippen LogP contribution in [-0.4, -0.2) is 47.3 Å². The summed E-state index contributed by atoms with van der Waals surface area (Å²) in [4.78, 5) is 8.23. The number of nitrogens with one attached hydrogen (secondary N) is 1. The summed E-state index contributed by atoms with van der Waals surface area (Å²) in [6.07, 6.45) is 6.33. The molecule has 2 aromatic rings. The van der Waals surface area contributed by atoms with E-state index in [2.05, 4.69) is 61.2 Å². The molecule has 3 rings (SSSR count). The van der Waals surface area contributed by atoms with Crippen molar-refractivity contribution in [3.8, 4) is 0 Å². The van der Waals surface area contributed by atoms with Crippen LogP contribution in [0.2, 0.25) is 0 Å². The molecule has 0 aromatic carbocycles. The number of hydrogen-bond acceptors (Lipinski definition) is 3. The summed E-state index contributed by atoms with van der Waals surface area (Å²) < 4.78 is 3.23. The van der Waals surface area contributed by atoms with Gasteiger partial charge in [0.05, 0.1) is 9.08 Å². The first kappa shape index (κ1) is 16.8. The summed E-state index contributed by atoms with van der Waals surface area (Å²) in [5.41, 5.74) is 1.33. The van der Waals surface area contributed by atoms with Gasteiger partial charge in [0.1, 0.15) is 0 Å². The number of rotatable bonds is 4. The van der Waals surface area contributed by atoms with Gasteiger partial charge in [-0.05, 0) is 53.1 Å². The zero-order chi connectivity index (χ0) is 16.2. The van der Waals surface area contributed by atoms with Crippen LogP contribution in [0, 0.1) is 2.88 Å². The van der Waals surface area contributed by atoms with Crippen LogP contribution >= 0.6 is 33.9 Å². The zero-order valence-corrected chi connectivity index (χ0v) is 16.5. The van der Waals surface area contributed by atoms with Crippen LogP contribution in [0.3, 0.4) is 0 Å². The molecule has 7 heteroatoms. The topological polar surface area (TPSA) is 45.5 Å². The van der Waals surface area contributed by atoms with E-state index in [0.717, 1.165) is 38.4 Å². The number of thiophene rings is 1. The molecule has 23 heavy (non-hydrogen) atoms. The Morgan fingerprint density at radius 2 is 2.39 bits per heavy atom. The first-order valence-corrected chi connectivity index (χ1v) is 9.73. The number of likely N-dealkylation sites (tertiary alicyclic amines) is 1. The van der Waals surface area contributed by atoms with Crippen LogP contribution in [0.1, 0.15) is 22.8 Å². The summed E-state index contributed by atoms with van der Waals surface area (Å²) in [7, 11) is 3.84. The van der Waals surface area contributed by atoms with Gasteiger partial charge in [-0.25, -0.2) is 0 Å². The van der Waals surface area contributed by atoms with E-state index in [-0.39, 0.29) is 0 Å². The van der Waals surface area contributed by atoms with E-state index >= 15 is 0 Å². The number of aromatic nitrogens is 2. The molecule has 1 atom stereocenters. The molecule has 1 N–H and O–H groups in total. The molecular weight excluding hydrogens is 421 g/mol. The summed E-state index contributed by atoms with van der Waals surface area (Å²) in [6, 6.07) is 4.39. The Balaban J connectivity index is 1.51. The normalized spacial score (nSPS) is 18.7. The van der Waals surface area contributed by atoms with E-state index < -0.39 is 0 Å². The Morgan fingerprint density at radius 3 is 3.04 bits per heavy atom. The molecule has 1 aliphatic heterocycles. The number of guanidine groups is 1. The maximum Gasteiger partial charge on any atom is 0.193 e. The maximum absolute atomic E-state index is 4.45. The lowest BCUT2D eigenvalue weighted by Crippen LogP contribution is -2.40. The van der Waals surface area contributed by atoms with Crippen LogP contribution in [0.15, 0.2) is 29.5 Å². The van der Waals surface area contributed by atoms with Crippen molar-refractivity contribution in [2.75, 3.05) is 26.7 Å². The summed E-state index contributed by atoms with van der Waals surface area (Å²) in [5, 5.41) is 7.79. The molecule has 5 nitrogen and oxygen atoms in total. The van der Waals surface area contributed by atoms with Gasteiger partial charge in [0, 0.05) is 50.7 Å². The molecule has 0 amide bonds. The molecular formula is C16H22IN5S. The van der Waals surface area contributed by atoms with Crippen LogP contribution < -0.4 is 5.32 Å². The predicted octanol–water partition coefficient (Wildman–Crippen LogP) is 2.69. The number of halogens is 1. The minimum Gasteiger partial charge on any atom is -0.356 e. The molecule has 1 aliphatic rings. The highest BCUT2D eigenvalue weighted by molar-refractivity contribution is 14.1. The third kappa shape index (κ3) is 4.26. The SMILES string of the molecule is CN=C(NCCc1ccc(I)s1)N1CCC(c2cnn(C)c2)C1. The largest absolute Gasteiger partial charge is 0.356 e. The van der Waals surface area contributed by atoms with Gasteiger partial charge < -0.3 is 10.2 Å². The third-order valence-corrected chi connectivity index (χ3v) is 6.13. The van der Waals surface area contributed by atoms with Crippen LogP contribution in [0.25, 0.3) is 0 Å². The van der Waals surface area contributed by atoms with Crippen LogP contribution in [-0.2, 0) is 13.5 Å². The van der Waals surface area contributed by atoms with Gasteiger partial charge in [0.25, 0.3) is 0 Å². The highest BCUT2D eigenvalue weighted by Gasteiger charge is 2.26. The van der Waals surface area contributed by atoms with E-state index in [4.69, 9.17) is 0 Å². The maximum atomic E-state index is 4.45. The fourth-order valence-electron chi connectivity index (χ4n) is 2.99. The average Bonchev–Trinajstić information content (AvgIpc) is 3.25. The van der Waals surface area contributed by atoms with Crippen molar-refractivity contribution >= 4 is 39.9 Å². The number of aliphatic imine (C=N–C) groups is 1. The van der Waals surface area contributed by atoms with Gasteiger partial charge in [-0.15, -0.1) is 11.3 Å². The quantitative estimate of drug-likeness (QED) is 0.449. The van der Waals surface area contributed by atoms with Crippen LogP contribution in [0.5, 0.6) is 0 Å². The molecule has 0 aliphatic carbocycles. The van der Waals surface area contributed by atoms with Crippen molar-refractivity contribution in [1.82, 2.24) is 20.0 Å². The summed E-state index contributed by atoms with van der Waals surface area (Å²) in [5.74, 6) is 1.57. The van der Waals surface area contributed by atoms with Crippen molar-refractivity contribution < 1.29 is 0 Å². The molecule has 2 aromatic heterocycles. The summed E-state index contributed by atoms with van der Waals surface area (Å²) in [6.45, 7) is 3.00. The second-order valence-electron chi connectivity index (χ2n) is 5.81. The Kier molecular flexibility index (Phi) is 5.58. The average molecular weight is 443 g/mol. The monoisotopic (exact) mass is 443 g/mol. The molecule has 0 spiro atoms. The molecule has 1 saturated heterocycles. The van der Waals surface area contributed by atoms with Gasteiger partial charge in [0.2, 0.25) is 0 Å². The van der Waals surface area contributed by atoms with Crippen molar-refractivity contribution in [3.05, 3.63) is 37.9 Å². The van der Waals surface area contributed by atoms with Gasteiger partial charge >= 0.3 is 0 Å². The standard InChI is InChI=1S/C16H22IN5S/c1-18-16(19-7-5-14-3-4-15(17)23-14)22-8-6-12(11-22)13-9-20-21(2)10-13/h3-4,9-10,12H,5-8,11H2,1-2H3,(H,18,19). The minimum absolute atomic E-state index is 0.557. The molecule has 0 bridgehead atoms. The van der Waals surface area contributed by atoms with Gasteiger partial charge in [0.15, 0.2) is 5.96 Å². The number of nitrogens with zero attached hydrogens (tertiary/aromatic N) is 4. The fourth-order valence-corrected chi connectivity index (χ4v) is 4.75. The zero-order valence-electron chi connectivity index (χ0n) is 13.5. The van der Waals surface area contributed by atoms with Gasteiger partial charge in [-0.2, -0.15) is 5.10 Å². The Bertz CT molecular complexity index is 678. The van der Waals surface area contributed by atoms with E-state index in [1.807, 2.05) is 36.3 Å². The van der Waals surface area contributed by atoms with E-state index in [1.54, 1.807) is 0 Å². The lowest BCUT2D eigenvalue weighted by molar-refractivity contribution is 0.486. The smallest absolute Gasteiger partial charge is 0.193 e. The summed E-state index contributed by atoms with van der Waals surface area (Å²) >= 11 is 4.24. The highest BCUT2D eigenvalue weighted by atomic mass is 127. The van der Waals surface area contributed by atoms with E-state index in [0.29, 0.717) is 5.92 Å². The lowest BCUT2D eigenvalue weighted by atomic mass is 10.0. The van der Waals surface area contributed by atoms with E-state index in [9.17, 15) is 0 Å². The van der Waals surface area contributed by atoms with E-state index in [1.165, 1.54) is 13.3 Å². The fraction of sp³-hybridized carbons (Fsp3) is 0.500. The van der Waals surface area contributed by atoms with Gasteiger partial charge in [-0.1, -0.05) is 0 Å². The van der Waals surface area contributed by atoms with Crippen LogP contribution in [0.4, 0.5) is 0 Å². The number of hydrogen-bond donors (Lipinski definition) is 1. The van der Waals surface area contributed by atoms with Gasteiger partial charge in [-0.3, -0.25) is 9.67 Å². The van der Waals surface area contributed by atoms with Crippen molar-refractivity contribution in [2.24, 2.45) is 12.0 Å². The molecule has 3 heterocycles. The first-order valence-electron chi connectivity index (χ1n) is 7.84. The molecule has 0 saturated carbocycles.